The lowest BCUT2D eigenvalue weighted by molar-refractivity contribution is 0.476. The maximum atomic E-state index is 12.1. The second kappa shape index (κ2) is 5.58. The molecule has 0 radical (unpaired) electrons. The molecule has 1 rings (SSSR count). The maximum absolute atomic E-state index is 12.1. The molecule has 1 unspecified atom stereocenters. The van der Waals surface area contributed by atoms with Crippen LogP contribution in [-0.2, 0) is 20.0 Å². The van der Waals surface area contributed by atoms with E-state index in [1.54, 1.807) is 6.92 Å². The third-order valence-corrected chi connectivity index (χ3v) is 5.25. The zero-order valence-electron chi connectivity index (χ0n) is 11.0. The largest absolute Gasteiger partial charge is 0.240 e. The van der Waals surface area contributed by atoms with Crippen molar-refractivity contribution in [2.45, 2.75) is 36.6 Å². The average Bonchev–Trinajstić information content (AvgIpc) is 2.27. The molecule has 108 valence electrons. The van der Waals surface area contributed by atoms with Crippen LogP contribution in [0.3, 0.4) is 0 Å². The van der Waals surface area contributed by atoms with Gasteiger partial charge in [0.25, 0.3) is 0 Å². The highest BCUT2D eigenvalue weighted by molar-refractivity contribution is 7.90. The van der Waals surface area contributed by atoms with Crippen LogP contribution in [0.2, 0.25) is 0 Å². The Labute approximate surface area is 114 Å². The summed E-state index contributed by atoms with van der Waals surface area (Å²) in [4.78, 5) is -0.348. The first-order chi connectivity index (χ1) is 8.54. The lowest BCUT2D eigenvalue weighted by atomic mass is 10.1. The standard InChI is InChI=1S/C11H18N2O4S2/c1-8(2)9(3)13-19(16,17)11-6-4-5-10(7-11)18(12,14)15/h4-9,13H,1-3H3,(H2,12,14,15). The molecule has 0 aromatic heterocycles. The molecule has 0 aliphatic rings. The number of rotatable bonds is 5. The summed E-state index contributed by atoms with van der Waals surface area (Å²) in [5.74, 6) is 0.121. The molecule has 0 aliphatic heterocycles. The monoisotopic (exact) mass is 306 g/mol. The Morgan fingerprint density at radius 3 is 2.05 bits per heavy atom. The number of nitrogens with one attached hydrogen (secondary N) is 1. The van der Waals surface area contributed by atoms with Crippen LogP contribution in [0, 0.1) is 5.92 Å². The summed E-state index contributed by atoms with van der Waals surface area (Å²) in [6.45, 7) is 5.51. The Morgan fingerprint density at radius 2 is 1.58 bits per heavy atom. The molecule has 0 heterocycles. The Hall–Kier alpha value is -0.960. The van der Waals surface area contributed by atoms with Crippen LogP contribution in [0.1, 0.15) is 20.8 Å². The van der Waals surface area contributed by atoms with E-state index in [4.69, 9.17) is 5.14 Å². The van der Waals surface area contributed by atoms with Crippen molar-refractivity contribution in [2.75, 3.05) is 0 Å². The first-order valence-corrected chi connectivity index (χ1v) is 8.72. The minimum Gasteiger partial charge on any atom is -0.225 e. The molecule has 0 saturated heterocycles. The summed E-state index contributed by atoms with van der Waals surface area (Å²) < 4.78 is 49.1. The summed E-state index contributed by atoms with van der Waals surface area (Å²) in [5.41, 5.74) is 0. The minimum atomic E-state index is -3.92. The fourth-order valence-corrected chi connectivity index (χ4v) is 3.34. The molecule has 1 aromatic rings. The minimum absolute atomic E-state index is 0.119. The highest BCUT2D eigenvalue weighted by Crippen LogP contribution is 2.15. The van der Waals surface area contributed by atoms with E-state index in [0.29, 0.717) is 0 Å². The van der Waals surface area contributed by atoms with Gasteiger partial charge < -0.3 is 0 Å². The van der Waals surface area contributed by atoms with Crippen molar-refractivity contribution in [3.63, 3.8) is 0 Å². The molecule has 1 atom stereocenters. The lowest BCUT2D eigenvalue weighted by Crippen LogP contribution is -2.36. The number of hydrogen-bond donors (Lipinski definition) is 2. The van der Waals surface area contributed by atoms with Gasteiger partial charge in [-0.1, -0.05) is 19.9 Å². The third kappa shape index (κ3) is 4.27. The first-order valence-electron chi connectivity index (χ1n) is 5.69. The zero-order chi connectivity index (χ0) is 14.8. The van der Waals surface area contributed by atoms with Crippen LogP contribution in [0.15, 0.2) is 34.1 Å². The van der Waals surface area contributed by atoms with Gasteiger partial charge in [-0.2, -0.15) is 0 Å². The normalized spacial score (nSPS) is 14.6. The van der Waals surface area contributed by atoms with Crippen molar-refractivity contribution in [3.05, 3.63) is 24.3 Å². The molecule has 0 aliphatic carbocycles. The quantitative estimate of drug-likeness (QED) is 0.833. The molecule has 3 N–H and O–H groups in total. The predicted octanol–water partition coefficient (Wildman–Crippen LogP) is 0.657. The van der Waals surface area contributed by atoms with Gasteiger partial charge in [0.15, 0.2) is 0 Å². The van der Waals surface area contributed by atoms with E-state index < -0.39 is 20.0 Å². The van der Waals surface area contributed by atoms with Gasteiger partial charge in [-0.3, -0.25) is 0 Å². The van der Waals surface area contributed by atoms with Gasteiger partial charge in [-0.05, 0) is 31.0 Å². The van der Waals surface area contributed by atoms with Gasteiger partial charge in [0.1, 0.15) is 0 Å². The van der Waals surface area contributed by atoms with Gasteiger partial charge in [0.2, 0.25) is 20.0 Å². The highest BCUT2D eigenvalue weighted by Gasteiger charge is 2.20. The van der Waals surface area contributed by atoms with Crippen LogP contribution < -0.4 is 9.86 Å². The molecule has 0 bridgehead atoms. The van der Waals surface area contributed by atoms with E-state index in [9.17, 15) is 16.8 Å². The van der Waals surface area contributed by atoms with Gasteiger partial charge in [-0.25, -0.2) is 26.7 Å². The maximum Gasteiger partial charge on any atom is 0.240 e. The molecule has 8 heteroatoms. The summed E-state index contributed by atoms with van der Waals surface area (Å²) >= 11 is 0. The summed E-state index contributed by atoms with van der Waals surface area (Å²) in [6.07, 6.45) is 0. The molecular formula is C11H18N2O4S2. The molecule has 0 saturated carbocycles. The van der Waals surface area contributed by atoms with Crippen molar-refractivity contribution in [2.24, 2.45) is 11.1 Å². The van der Waals surface area contributed by atoms with E-state index >= 15 is 0 Å². The van der Waals surface area contributed by atoms with Crippen molar-refractivity contribution in [1.29, 1.82) is 0 Å². The van der Waals surface area contributed by atoms with Gasteiger partial charge in [0, 0.05) is 6.04 Å². The number of primary sulfonamides is 1. The van der Waals surface area contributed by atoms with Gasteiger partial charge in [0.05, 0.1) is 9.79 Å². The van der Waals surface area contributed by atoms with Crippen LogP contribution in [0.25, 0.3) is 0 Å². The van der Waals surface area contributed by atoms with Crippen LogP contribution >= 0.6 is 0 Å². The molecule has 0 spiro atoms. The number of benzene rings is 1. The third-order valence-electron chi connectivity index (χ3n) is 2.79. The Morgan fingerprint density at radius 1 is 1.05 bits per heavy atom. The smallest absolute Gasteiger partial charge is 0.225 e. The topological polar surface area (TPSA) is 106 Å². The molecule has 6 nitrogen and oxygen atoms in total. The Kier molecular flexibility index (Phi) is 4.72. The lowest BCUT2D eigenvalue weighted by Gasteiger charge is -2.17. The van der Waals surface area contributed by atoms with E-state index in [-0.39, 0.29) is 21.8 Å². The van der Waals surface area contributed by atoms with Crippen LogP contribution in [0.5, 0.6) is 0 Å². The van der Waals surface area contributed by atoms with Crippen molar-refractivity contribution < 1.29 is 16.8 Å². The second-order valence-corrected chi connectivity index (χ2v) is 7.95. The van der Waals surface area contributed by atoms with E-state index in [1.165, 1.54) is 18.2 Å². The Balaban J connectivity index is 3.16. The Bertz CT molecular complexity index is 651. The van der Waals surface area contributed by atoms with Crippen molar-refractivity contribution in [3.8, 4) is 0 Å². The van der Waals surface area contributed by atoms with Crippen molar-refractivity contribution >= 4 is 20.0 Å². The van der Waals surface area contributed by atoms with E-state index in [0.717, 1.165) is 6.07 Å². The van der Waals surface area contributed by atoms with Crippen LogP contribution in [-0.4, -0.2) is 22.9 Å². The van der Waals surface area contributed by atoms with E-state index in [1.807, 2.05) is 13.8 Å². The summed E-state index contributed by atoms with van der Waals surface area (Å²) in [6, 6.07) is 4.70. The molecule has 19 heavy (non-hydrogen) atoms. The van der Waals surface area contributed by atoms with Crippen LogP contribution in [0.4, 0.5) is 0 Å². The number of nitrogens with two attached hydrogens (primary N) is 1. The number of hydrogen-bond acceptors (Lipinski definition) is 4. The van der Waals surface area contributed by atoms with E-state index in [2.05, 4.69) is 4.72 Å². The SMILES string of the molecule is CC(C)C(C)NS(=O)(=O)c1cccc(S(N)(=O)=O)c1. The molecule has 0 amide bonds. The zero-order valence-corrected chi connectivity index (χ0v) is 12.6. The summed E-state index contributed by atoms with van der Waals surface area (Å²) in [5, 5.41) is 4.98. The summed E-state index contributed by atoms with van der Waals surface area (Å²) in [7, 11) is -7.68. The van der Waals surface area contributed by atoms with Crippen molar-refractivity contribution in [1.82, 2.24) is 4.72 Å². The fourth-order valence-electron chi connectivity index (χ4n) is 1.27. The second-order valence-electron chi connectivity index (χ2n) is 4.67. The van der Waals surface area contributed by atoms with Gasteiger partial charge in [-0.15, -0.1) is 0 Å². The first kappa shape index (κ1) is 16.1. The van der Waals surface area contributed by atoms with Gasteiger partial charge >= 0.3 is 0 Å². The molecular weight excluding hydrogens is 288 g/mol. The number of sulfonamides is 2. The fraction of sp³-hybridized carbons (Fsp3) is 0.455. The molecule has 1 aromatic carbocycles. The average molecular weight is 306 g/mol. The molecule has 0 fully saturated rings. The predicted molar refractivity (Wildman–Crippen MR) is 72.4 cm³/mol. The highest BCUT2D eigenvalue weighted by atomic mass is 32.2.